The first-order chi connectivity index (χ1) is 21.3. The van der Waals surface area contributed by atoms with Crippen molar-refractivity contribution in [2.24, 2.45) is 5.92 Å². The lowest BCUT2D eigenvalue weighted by atomic mass is 9.96. The lowest BCUT2D eigenvalue weighted by Gasteiger charge is -2.38. The van der Waals surface area contributed by atoms with Crippen LogP contribution in [-0.4, -0.2) is 71.8 Å². The van der Waals surface area contributed by atoms with Gasteiger partial charge in [-0.2, -0.15) is 0 Å². The molecule has 0 aromatic heterocycles. The van der Waals surface area contributed by atoms with Gasteiger partial charge in [-0.1, -0.05) is 86.8 Å². The number of aliphatic hydroxyl groups excluding tert-OH is 1. The molecule has 234 valence electrons. The van der Waals surface area contributed by atoms with Crippen LogP contribution in [-0.2, 0) is 6.54 Å². The molecule has 8 heteroatoms. The Kier molecular flexibility index (Phi) is 10.6. The summed E-state index contributed by atoms with van der Waals surface area (Å²) in [5.41, 5.74) is 4.42. The number of carbonyl (C=O) groups is 2. The lowest BCUT2D eigenvalue weighted by molar-refractivity contribution is 0.0343. The number of carbonyl (C=O) groups excluding carboxylic acids is 2. The Balaban J connectivity index is 1.35. The molecule has 0 unspecified atom stereocenters. The number of nitrogens with zero attached hydrogens (tertiary/aromatic N) is 2. The minimum absolute atomic E-state index is 0.0341. The van der Waals surface area contributed by atoms with Gasteiger partial charge in [0.2, 0.25) is 0 Å². The number of aliphatic hydroxyl groups is 1. The number of likely N-dealkylation sites (N-methyl/N-ethyl adjacent to an activating group) is 1. The van der Waals surface area contributed by atoms with Crippen LogP contribution in [0.5, 0.6) is 5.75 Å². The fourth-order valence-corrected chi connectivity index (χ4v) is 6.27. The smallest absolute Gasteiger partial charge is 0.319 e. The molecule has 3 N–H and O–H groups in total. The molecule has 8 nitrogen and oxygen atoms in total. The second kappa shape index (κ2) is 14.7. The molecule has 1 aliphatic heterocycles. The molecule has 1 heterocycles. The summed E-state index contributed by atoms with van der Waals surface area (Å²) in [5, 5.41) is 16.1. The maximum Gasteiger partial charge on any atom is 0.319 e. The van der Waals surface area contributed by atoms with E-state index in [1.807, 2.05) is 25.1 Å². The van der Waals surface area contributed by atoms with Crippen LogP contribution in [0.3, 0.4) is 0 Å². The molecule has 3 aromatic carbocycles. The molecular formula is C36H46N4O4. The van der Waals surface area contributed by atoms with E-state index in [0.717, 1.165) is 32.2 Å². The van der Waals surface area contributed by atoms with Crippen LogP contribution in [0.4, 0.5) is 10.5 Å². The first-order valence-corrected chi connectivity index (χ1v) is 15.9. The van der Waals surface area contributed by atoms with E-state index < -0.39 is 0 Å². The van der Waals surface area contributed by atoms with Crippen LogP contribution in [0.2, 0.25) is 0 Å². The van der Waals surface area contributed by atoms with Crippen molar-refractivity contribution in [1.29, 1.82) is 0 Å². The molecule has 1 aliphatic carbocycles. The normalized spacial score (nSPS) is 19.8. The number of amides is 3. The molecule has 0 saturated heterocycles. The summed E-state index contributed by atoms with van der Waals surface area (Å²) in [5.74, 6) is 0.131. The number of para-hydroxylation sites is 1. The second-order valence-electron chi connectivity index (χ2n) is 12.5. The summed E-state index contributed by atoms with van der Waals surface area (Å²) in [6.07, 6.45) is 5.12. The van der Waals surface area contributed by atoms with Crippen LogP contribution in [0.25, 0.3) is 11.1 Å². The van der Waals surface area contributed by atoms with Crippen molar-refractivity contribution < 1.29 is 19.4 Å². The van der Waals surface area contributed by atoms with E-state index in [4.69, 9.17) is 4.74 Å². The average Bonchev–Trinajstić information content (AvgIpc) is 3.04. The Morgan fingerprint density at radius 2 is 1.70 bits per heavy atom. The summed E-state index contributed by atoms with van der Waals surface area (Å²) >= 11 is 0. The molecule has 1 fully saturated rings. The quantitative estimate of drug-likeness (QED) is 0.274. The molecular weight excluding hydrogens is 552 g/mol. The van der Waals surface area contributed by atoms with Crippen molar-refractivity contribution in [2.45, 2.75) is 70.7 Å². The SMILES string of the molecule is C[C@H]1CN([C@@H](C)CO)C(=O)c2cccc(NC(=O)NC3CCCCC3)c2O[C@@H]1CN(C)Cc1ccc(-c2ccccc2)cc1. The Morgan fingerprint density at radius 1 is 1.00 bits per heavy atom. The van der Waals surface area contributed by atoms with Gasteiger partial charge in [-0.25, -0.2) is 4.79 Å². The summed E-state index contributed by atoms with van der Waals surface area (Å²) in [7, 11) is 2.07. The van der Waals surface area contributed by atoms with Gasteiger partial charge < -0.3 is 25.4 Å². The number of urea groups is 1. The van der Waals surface area contributed by atoms with E-state index in [9.17, 15) is 14.7 Å². The predicted molar refractivity (Wildman–Crippen MR) is 175 cm³/mol. The minimum Gasteiger partial charge on any atom is -0.486 e. The minimum atomic E-state index is -0.358. The number of anilines is 1. The zero-order valence-electron chi connectivity index (χ0n) is 26.2. The van der Waals surface area contributed by atoms with Crippen molar-refractivity contribution in [3.8, 4) is 16.9 Å². The molecule has 2 aliphatic rings. The fourth-order valence-electron chi connectivity index (χ4n) is 6.27. The second-order valence-corrected chi connectivity index (χ2v) is 12.5. The monoisotopic (exact) mass is 598 g/mol. The highest BCUT2D eigenvalue weighted by Gasteiger charge is 2.34. The number of benzene rings is 3. The first kappa shape index (κ1) is 31.5. The third-order valence-electron chi connectivity index (χ3n) is 8.88. The Labute approximate surface area is 261 Å². The van der Waals surface area contributed by atoms with Gasteiger partial charge in [-0.3, -0.25) is 9.69 Å². The zero-order chi connectivity index (χ0) is 31.1. The summed E-state index contributed by atoms with van der Waals surface area (Å²) in [4.78, 5) is 30.8. The maximum absolute atomic E-state index is 13.8. The third-order valence-corrected chi connectivity index (χ3v) is 8.88. The van der Waals surface area contributed by atoms with E-state index in [2.05, 4.69) is 65.9 Å². The molecule has 3 amide bonds. The van der Waals surface area contributed by atoms with Gasteiger partial charge in [0.1, 0.15) is 6.10 Å². The van der Waals surface area contributed by atoms with Crippen LogP contribution < -0.4 is 15.4 Å². The maximum atomic E-state index is 13.8. The highest BCUT2D eigenvalue weighted by Crippen LogP contribution is 2.35. The van der Waals surface area contributed by atoms with Gasteiger partial charge in [0.25, 0.3) is 5.91 Å². The van der Waals surface area contributed by atoms with Crippen molar-refractivity contribution in [3.05, 3.63) is 83.9 Å². The van der Waals surface area contributed by atoms with E-state index in [-0.39, 0.29) is 42.7 Å². The molecule has 0 bridgehead atoms. The van der Waals surface area contributed by atoms with E-state index in [1.165, 1.54) is 23.1 Å². The molecule has 5 rings (SSSR count). The number of rotatable bonds is 9. The molecule has 0 spiro atoms. The van der Waals surface area contributed by atoms with Gasteiger partial charge in [0, 0.05) is 31.6 Å². The Bertz CT molecular complexity index is 1390. The molecule has 3 atom stereocenters. The van der Waals surface area contributed by atoms with Crippen molar-refractivity contribution in [1.82, 2.24) is 15.1 Å². The molecule has 0 radical (unpaired) electrons. The standard InChI is InChI=1S/C36H46N4O4/c1-25-21-40(26(2)24-41)35(42)31-15-10-16-32(38-36(43)37-30-13-8-5-9-14-30)34(31)44-33(25)23-39(3)22-27-17-19-29(20-18-27)28-11-6-4-7-12-28/h4,6-7,10-12,15-20,25-26,30,33,41H,5,8-9,13-14,21-24H2,1-3H3,(H2,37,38,43)/t25-,26-,33+/m0/s1. The lowest BCUT2D eigenvalue weighted by Crippen LogP contribution is -2.50. The first-order valence-electron chi connectivity index (χ1n) is 15.9. The number of nitrogens with one attached hydrogen (secondary N) is 2. The number of ether oxygens (including phenoxy) is 1. The topological polar surface area (TPSA) is 94.1 Å². The van der Waals surface area contributed by atoms with Gasteiger partial charge in [-0.05, 0) is 55.6 Å². The predicted octanol–water partition coefficient (Wildman–Crippen LogP) is 6.16. The Hall–Kier alpha value is -3.88. The highest BCUT2D eigenvalue weighted by molar-refractivity contribution is 6.01. The fraction of sp³-hybridized carbons (Fsp3) is 0.444. The number of hydrogen-bond donors (Lipinski definition) is 3. The van der Waals surface area contributed by atoms with Gasteiger partial charge in [0.15, 0.2) is 5.75 Å². The van der Waals surface area contributed by atoms with Crippen LogP contribution in [0, 0.1) is 5.92 Å². The van der Waals surface area contributed by atoms with E-state index >= 15 is 0 Å². The molecule has 1 saturated carbocycles. The van der Waals surface area contributed by atoms with Crippen molar-refractivity contribution in [3.63, 3.8) is 0 Å². The largest absolute Gasteiger partial charge is 0.486 e. The van der Waals surface area contributed by atoms with Gasteiger partial charge in [0.05, 0.1) is 23.9 Å². The molecule has 44 heavy (non-hydrogen) atoms. The van der Waals surface area contributed by atoms with E-state index in [1.54, 1.807) is 23.1 Å². The van der Waals surface area contributed by atoms with E-state index in [0.29, 0.717) is 30.1 Å². The number of fused-ring (bicyclic) bond motifs is 1. The average molecular weight is 599 g/mol. The van der Waals surface area contributed by atoms with Crippen LogP contribution in [0.1, 0.15) is 61.9 Å². The summed E-state index contributed by atoms with van der Waals surface area (Å²) in [6.45, 7) is 5.58. The summed E-state index contributed by atoms with van der Waals surface area (Å²) in [6, 6.07) is 23.8. The third kappa shape index (κ3) is 7.79. The molecule has 3 aromatic rings. The van der Waals surface area contributed by atoms with Gasteiger partial charge >= 0.3 is 6.03 Å². The number of hydrogen-bond acceptors (Lipinski definition) is 5. The van der Waals surface area contributed by atoms with Crippen molar-refractivity contribution in [2.75, 3.05) is 32.1 Å². The zero-order valence-corrected chi connectivity index (χ0v) is 26.2. The van der Waals surface area contributed by atoms with Crippen molar-refractivity contribution >= 4 is 17.6 Å². The summed E-state index contributed by atoms with van der Waals surface area (Å²) < 4.78 is 6.69. The van der Waals surface area contributed by atoms with Crippen LogP contribution in [0.15, 0.2) is 72.8 Å². The van der Waals surface area contributed by atoms with Crippen LogP contribution >= 0.6 is 0 Å². The highest BCUT2D eigenvalue weighted by atomic mass is 16.5. The van der Waals surface area contributed by atoms with Gasteiger partial charge in [-0.15, -0.1) is 0 Å². The Morgan fingerprint density at radius 3 is 2.41 bits per heavy atom.